The molecule has 0 aliphatic carbocycles. The first-order valence-electron chi connectivity index (χ1n) is 7.34. The Balaban J connectivity index is 2.15. The zero-order valence-electron chi connectivity index (χ0n) is 12.8. The Morgan fingerprint density at radius 2 is 2.09 bits per heavy atom. The lowest BCUT2D eigenvalue weighted by Gasteiger charge is -2.12. The van der Waals surface area contributed by atoms with Gasteiger partial charge in [0.15, 0.2) is 9.84 Å². The highest BCUT2D eigenvalue weighted by Gasteiger charge is 2.31. The number of hydrogen-bond donors (Lipinski definition) is 2. The first-order valence-corrected chi connectivity index (χ1v) is 10.6. The summed E-state index contributed by atoms with van der Waals surface area (Å²) in [5, 5.41) is 2.68. The molecule has 1 unspecified atom stereocenters. The molecule has 1 fully saturated rings. The molecule has 0 radical (unpaired) electrons. The van der Waals surface area contributed by atoms with Crippen molar-refractivity contribution in [3.63, 3.8) is 0 Å². The molecule has 1 aromatic rings. The molecule has 0 spiro atoms. The van der Waals surface area contributed by atoms with E-state index in [0.29, 0.717) is 6.54 Å². The molecule has 0 aromatic heterocycles. The van der Waals surface area contributed by atoms with Crippen molar-refractivity contribution in [1.29, 1.82) is 0 Å². The minimum Gasteiger partial charge on any atom is -0.352 e. The molecule has 1 aliphatic heterocycles. The second kappa shape index (κ2) is 6.98. The van der Waals surface area contributed by atoms with Crippen molar-refractivity contribution in [3.05, 3.63) is 29.8 Å². The van der Waals surface area contributed by atoms with Gasteiger partial charge in [-0.15, -0.1) is 0 Å². The van der Waals surface area contributed by atoms with Crippen LogP contribution in [0.4, 0.5) is 0 Å². The lowest BCUT2D eigenvalue weighted by Crippen LogP contribution is -2.35. The minimum absolute atomic E-state index is 0.0142. The Hall–Kier alpha value is -1.45. The van der Waals surface area contributed by atoms with E-state index in [-0.39, 0.29) is 34.3 Å². The van der Waals surface area contributed by atoms with Crippen LogP contribution in [0.2, 0.25) is 0 Å². The van der Waals surface area contributed by atoms with Gasteiger partial charge in [0.05, 0.1) is 16.4 Å². The fourth-order valence-electron chi connectivity index (χ4n) is 2.32. The number of amides is 1. The highest BCUT2D eigenvalue weighted by atomic mass is 32.2. The molecule has 23 heavy (non-hydrogen) atoms. The second-order valence-electron chi connectivity index (χ2n) is 5.50. The highest BCUT2D eigenvalue weighted by Crippen LogP contribution is 2.17. The van der Waals surface area contributed by atoms with E-state index in [0.717, 1.165) is 6.42 Å². The van der Waals surface area contributed by atoms with Gasteiger partial charge in [0.1, 0.15) is 0 Å². The average Bonchev–Trinajstić information content (AvgIpc) is 2.83. The monoisotopic (exact) mass is 360 g/mol. The Morgan fingerprint density at radius 3 is 2.70 bits per heavy atom. The van der Waals surface area contributed by atoms with Gasteiger partial charge < -0.3 is 5.32 Å². The van der Waals surface area contributed by atoms with Crippen molar-refractivity contribution >= 4 is 25.8 Å². The molecular weight excluding hydrogens is 340 g/mol. The zero-order chi connectivity index (χ0) is 17.1. The molecule has 128 valence electrons. The van der Waals surface area contributed by atoms with E-state index < -0.39 is 25.9 Å². The predicted octanol–water partition coefficient (Wildman–Crippen LogP) is 0.292. The van der Waals surface area contributed by atoms with Crippen LogP contribution in [-0.4, -0.2) is 46.8 Å². The standard InChI is InChI=1S/C14H20N2O5S2/c1-2-7-15-14(17)11-4-3-5-13(9-11)23(20,21)16-12-6-8-22(18,19)10-12/h3-5,9,12,16H,2,6-8,10H2,1H3,(H,15,17). The Labute approximate surface area is 136 Å². The topological polar surface area (TPSA) is 109 Å². The van der Waals surface area contributed by atoms with Crippen LogP contribution in [0.15, 0.2) is 29.2 Å². The normalized spacial score (nSPS) is 20.3. The summed E-state index contributed by atoms with van der Waals surface area (Å²) in [6.07, 6.45) is 1.04. The maximum atomic E-state index is 12.4. The molecule has 1 saturated heterocycles. The third-order valence-corrected chi connectivity index (χ3v) is 6.78. The average molecular weight is 360 g/mol. The van der Waals surface area contributed by atoms with Crippen molar-refractivity contribution in [1.82, 2.24) is 10.0 Å². The van der Waals surface area contributed by atoms with E-state index in [1.54, 1.807) is 0 Å². The summed E-state index contributed by atoms with van der Waals surface area (Å²) in [4.78, 5) is 11.9. The first-order chi connectivity index (χ1) is 10.7. The van der Waals surface area contributed by atoms with Crippen LogP contribution in [0.1, 0.15) is 30.1 Å². The number of sulfone groups is 1. The summed E-state index contributed by atoms with van der Waals surface area (Å²) in [5.74, 6) is -0.546. The summed E-state index contributed by atoms with van der Waals surface area (Å²) >= 11 is 0. The molecular formula is C14H20N2O5S2. The molecule has 2 N–H and O–H groups in total. The first kappa shape index (κ1) is 17.9. The second-order valence-corrected chi connectivity index (χ2v) is 9.45. The van der Waals surface area contributed by atoms with Gasteiger partial charge in [-0.05, 0) is 31.0 Å². The van der Waals surface area contributed by atoms with Crippen molar-refractivity contribution < 1.29 is 21.6 Å². The van der Waals surface area contributed by atoms with Gasteiger partial charge in [0, 0.05) is 18.2 Å². The Morgan fingerprint density at radius 1 is 1.35 bits per heavy atom. The summed E-state index contributed by atoms with van der Waals surface area (Å²) in [5.41, 5.74) is 0.250. The molecule has 1 heterocycles. The van der Waals surface area contributed by atoms with E-state index in [1.807, 2.05) is 6.92 Å². The van der Waals surface area contributed by atoms with Crippen LogP contribution in [0.3, 0.4) is 0 Å². The smallest absolute Gasteiger partial charge is 0.251 e. The van der Waals surface area contributed by atoms with E-state index in [4.69, 9.17) is 0 Å². The maximum absolute atomic E-state index is 12.4. The van der Waals surface area contributed by atoms with Gasteiger partial charge in [-0.1, -0.05) is 13.0 Å². The molecule has 2 rings (SSSR count). The number of benzene rings is 1. The van der Waals surface area contributed by atoms with E-state index >= 15 is 0 Å². The Bertz CT molecular complexity index is 787. The molecule has 0 saturated carbocycles. The van der Waals surface area contributed by atoms with Crippen LogP contribution in [0, 0.1) is 0 Å². The van der Waals surface area contributed by atoms with Crippen LogP contribution in [0.5, 0.6) is 0 Å². The summed E-state index contributed by atoms with van der Waals surface area (Å²) in [7, 11) is -7.04. The summed E-state index contributed by atoms with van der Waals surface area (Å²) < 4.78 is 49.9. The fourth-order valence-corrected chi connectivity index (χ4v) is 5.42. The van der Waals surface area contributed by atoms with Gasteiger partial charge >= 0.3 is 0 Å². The zero-order valence-corrected chi connectivity index (χ0v) is 14.4. The predicted molar refractivity (Wildman–Crippen MR) is 86.4 cm³/mol. The number of rotatable bonds is 6. The largest absolute Gasteiger partial charge is 0.352 e. The van der Waals surface area contributed by atoms with Crippen molar-refractivity contribution in [2.45, 2.75) is 30.7 Å². The van der Waals surface area contributed by atoms with Crippen molar-refractivity contribution in [2.24, 2.45) is 0 Å². The molecule has 7 nitrogen and oxygen atoms in total. The lowest BCUT2D eigenvalue weighted by molar-refractivity contribution is 0.0953. The fraction of sp³-hybridized carbons (Fsp3) is 0.500. The summed E-state index contributed by atoms with van der Waals surface area (Å²) in [6, 6.07) is 5.06. The van der Waals surface area contributed by atoms with Crippen molar-refractivity contribution in [2.75, 3.05) is 18.1 Å². The molecule has 1 atom stereocenters. The number of carbonyl (C=O) groups excluding carboxylic acids is 1. The van der Waals surface area contributed by atoms with Gasteiger partial charge in [-0.2, -0.15) is 0 Å². The number of nitrogens with one attached hydrogen (secondary N) is 2. The highest BCUT2D eigenvalue weighted by molar-refractivity contribution is 7.92. The molecule has 1 aliphatic rings. The van der Waals surface area contributed by atoms with Crippen LogP contribution >= 0.6 is 0 Å². The maximum Gasteiger partial charge on any atom is 0.251 e. The van der Waals surface area contributed by atoms with Crippen molar-refractivity contribution in [3.8, 4) is 0 Å². The molecule has 0 bridgehead atoms. The lowest BCUT2D eigenvalue weighted by atomic mass is 10.2. The molecule has 9 heteroatoms. The van der Waals surface area contributed by atoms with E-state index in [2.05, 4.69) is 10.0 Å². The van der Waals surface area contributed by atoms with Crippen LogP contribution < -0.4 is 10.0 Å². The van der Waals surface area contributed by atoms with Gasteiger partial charge in [-0.3, -0.25) is 4.79 Å². The van der Waals surface area contributed by atoms with Gasteiger partial charge in [-0.25, -0.2) is 21.6 Å². The van der Waals surface area contributed by atoms with Crippen LogP contribution in [0.25, 0.3) is 0 Å². The quantitative estimate of drug-likeness (QED) is 0.758. The molecule has 1 aromatic carbocycles. The van der Waals surface area contributed by atoms with E-state index in [9.17, 15) is 21.6 Å². The van der Waals surface area contributed by atoms with Crippen LogP contribution in [-0.2, 0) is 19.9 Å². The minimum atomic E-state index is -3.86. The number of sulfonamides is 1. The van der Waals surface area contributed by atoms with Gasteiger partial charge in [0.25, 0.3) is 5.91 Å². The summed E-state index contributed by atoms with van der Waals surface area (Å²) in [6.45, 7) is 2.43. The SMILES string of the molecule is CCCNC(=O)c1cccc(S(=O)(=O)NC2CCS(=O)(=O)C2)c1. The number of hydrogen-bond acceptors (Lipinski definition) is 5. The van der Waals surface area contributed by atoms with Gasteiger partial charge in [0.2, 0.25) is 10.0 Å². The third kappa shape index (κ3) is 4.76. The van der Waals surface area contributed by atoms with E-state index in [1.165, 1.54) is 24.3 Å². The molecule has 1 amide bonds. The number of carbonyl (C=O) groups is 1. The Kier molecular flexibility index (Phi) is 5.43. The third-order valence-electron chi connectivity index (χ3n) is 3.50.